The molecule has 2 atom stereocenters. The van der Waals surface area contributed by atoms with Gasteiger partial charge in [0.05, 0.1) is 5.56 Å². The molecule has 1 heterocycles. The number of carbonyl (C=O) groups is 1. The summed E-state index contributed by atoms with van der Waals surface area (Å²) in [6.07, 6.45) is 6.48. The SMILES string of the molecule is Cc1cc(C(=O)N/N=C2/C[C@H]3C=CC[C@H]23)c(C)o1. The minimum Gasteiger partial charge on any atom is -0.466 e. The Labute approximate surface area is 106 Å². The number of rotatable bonds is 2. The molecule has 1 fully saturated rings. The fourth-order valence-corrected chi connectivity index (χ4v) is 2.70. The van der Waals surface area contributed by atoms with Crippen LogP contribution in [0.25, 0.3) is 0 Å². The molecule has 1 aromatic rings. The molecule has 2 aliphatic rings. The second-order valence-corrected chi connectivity index (χ2v) is 5.01. The van der Waals surface area contributed by atoms with E-state index in [1.165, 1.54) is 0 Å². The number of amides is 1. The number of nitrogens with zero attached hydrogens (tertiary/aromatic N) is 1. The molecule has 4 nitrogen and oxygen atoms in total. The minimum absolute atomic E-state index is 0.189. The molecule has 1 aromatic heterocycles. The van der Waals surface area contributed by atoms with Crippen LogP contribution in [0.5, 0.6) is 0 Å². The molecule has 4 heteroatoms. The average molecular weight is 244 g/mol. The van der Waals surface area contributed by atoms with E-state index in [4.69, 9.17) is 4.42 Å². The fourth-order valence-electron chi connectivity index (χ4n) is 2.70. The molecule has 0 aliphatic heterocycles. The van der Waals surface area contributed by atoms with E-state index in [0.717, 1.165) is 24.3 Å². The van der Waals surface area contributed by atoms with Gasteiger partial charge in [0.25, 0.3) is 5.91 Å². The molecule has 0 spiro atoms. The van der Waals surface area contributed by atoms with Crippen LogP contribution in [0.2, 0.25) is 0 Å². The van der Waals surface area contributed by atoms with Crippen molar-refractivity contribution in [2.24, 2.45) is 16.9 Å². The zero-order valence-electron chi connectivity index (χ0n) is 10.6. The topological polar surface area (TPSA) is 54.6 Å². The van der Waals surface area contributed by atoms with E-state index in [1.807, 2.05) is 6.92 Å². The van der Waals surface area contributed by atoms with Crippen molar-refractivity contribution < 1.29 is 9.21 Å². The van der Waals surface area contributed by atoms with Crippen molar-refractivity contribution in [2.75, 3.05) is 0 Å². The van der Waals surface area contributed by atoms with Gasteiger partial charge in [-0.3, -0.25) is 4.79 Å². The molecule has 18 heavy (non-hydrogen) atoms. The van der Waals surface area contributed by atoms with Crippen molar-refractivity contribution in [3.63, 3.8) is 0 Å². The first-order valence-corrected chi connectivity index (χ1v) is 6.25. The standard InChI is InChI=1S/C14H16N2O2/c1-8-6-12(9(2)18-8)14(17)16-15-13-7-10-4-3-5-11(10)13/h3-4,6,10-11H,5,7H2,1-2H3,(H,16,17)/b15-13-/t10-,11+/m1/s1. The molecule has 0 bridgehead atoms. The number of allylic oxidation sites excluding steroid dienone is 2. The van der Waals surface area contributed by atoms with Crippen LogP contribution >= 0.6 is 0 Å². The Hall–Kier alpha value is -1.84. The van der Waals surface area contributed by atoms with Gasteiger partial charge >= 0.3 is 0 Å². The van der Waals surface area contributed by atoms with Crippen LogP contribution in [-0.4, -0.2) is 11.6 Å². The Balaban J connectivity index is 1.66. The van der Waals surface area contributed by atoms with Crippen LogP contribution in [0.4, 0.5) is 0 Å². The summed E-state index contributed by atoms with van der Waals surface area (Å²) in [5.74, 6) is 2.37. The number of carbonyl (C=O) groups excluding carboxylic acids is 1. The van der Waals surface area contributed by atoms with Crippen molar-refractivity contribution in [1.29, 1.82) is 0 Å². The van der Waals surface area contributed by atoms with Crippen molar-refractivity contribution in [3.05, 3.63) is 35.3 Å². The van der Waals surface area contributed by atoms with Crippen molar-refractivity contribution in [2.45, 2.75) is 26.7 Å². The van der Waals surface area contributed by atoms with Crippen molar-refractivity contribution >= 4 is 11.6 Å². The molecular formula is C14H16N2O2. The van der Waals surface area contributed by atoms with Gasteiger partial charge in [0.2, 0.25) is 0 Å². The van der Waals surface area contributed by atoms with Crippen LogP contribution < -0.4 is 5.43 Å². The normalized spacial score (nSPS) is 27.1. The molecule has 0 unspecified atom stereocenters. The van der Waals surface area contributed by atoms with Crippen LogP contribution in [-0.2, 0) is 0 Å². The van der Waals surface area contributed by atoms with E-state index in [9.17, 15) is 4.79 Å². The van der Waals surface area contributed by atoms with Crippen LogP contribution in [0.15, 0.2) is 27.7 Å². The molecule has 1 N–H and O–H groups in total. The number of aryl methyl sites for hydroxylation is 2. The maximum Gasteiger partial charge on any atom is 0.274 e. The molecule has 1 amide bonds. The molecule has 0 aromatic carbocycles. The van der Waals surface area contributed by atoms with Gasteiger partial charge in [0.1, 0.15) is 11.5 Å². The van der Waals surface area contributed by atoms with E-state index >= 15 is 0 Å². The third kappa shape index (κ3) is 1.78. The third-order valence-corrected chi connectivity index (χ3v) is 3.75. The first-order valence-electron chi connectivity index (χ1n) is 6.25. The van der Waals surface area contributed by atoms with Gasteiger partial charge in [0.15, 0.2) is 0 Å². The van der Waals surface area contributed by atoms with E-state index in [-0.39, 0.29) is 5.91 Å². The summed E-state index contributed by atoms with van der Waals surface area (Å²) >= 11 is 0. The van der Waals surface area contributed by atoms with Gasteiger partial charge in [-0.25, -0.2) is 5.43 Å². The first kappa shape index (κ1) is 11.3. The predicted octanol–water partition coefficient (Wildman–Crippen LogP) is 2.58. The number of hydrogen-bond acceptors (Lipinski definition) is 3. The number of hydrogen-bond donors (Lipinski definition) is 1. The molecule has 2 aliphatic carbocycles. The number of furan rings is 1. The lowest BCUT2D eigenvalue weighted by atomic mass is 9.74. The molecule has 1 saturated carbocycles. The predicted molar refractivity (Wildman–Crippen MR) is 68.4 cm³/mol. The van der Waals surface area contributed by atoms with E-state index < -0.39 is 0 Å². The van der Waals surface area contributed by atoms with E-state index in [0.29, 0.717) is 23.2 Å². The van der Waals surface area contributed by atoms with Crippen LogP contribution in [0.1, 0.15) is 34.7 Å². The maximum atomic E-state index is 11.9. The first-order chi connectivity index (χ1) is 8.65. The Morgan fingerprint density at radius 3 is 3.00 bits per heavy atom. The molecule has 0 saturated heterocycles. The lowest BCUT2D eigenvalue weighted by Crippen LogP contribution is -2.35. The summed E-state index contributed by atoms with van der Waals surface area (Å²) in [5.41, 5.74) is 4.30. The Bertz CT molecular complexity index is 554. The lowest BCUT2D eigenvalue weighted by Gasteiger charge is -2.31. The maximum absolute atomic E-state index is 11.9. The van der Waals surface area contributed by atoms with Gasteiger partial charge in [-0.05, 0) is 38.7 Å². The minimum atomic E-state index is -0.189. The Morgan fingerprint density at radius 1 is 1.50 bits per heavy atom. The third-order valence-electron chi connectivity index (χ3n) is 3.75. The monoisotopic (exact) mass is 244 g/mol. The van der Waals surface area contributed by atoms with E-state index in [1.54, 1.807) is 13.0 Å². The molecule has 3 rings (SSSR count). The van der Waals surface area contributed by atoms with Crippen molar-refractivity contribution in [1.82, 2.24) is 5.43 Å². The zero-order chi connectivity index (χ0) is 12.7. The summed E-state index contributed by atoms with van der Waals surface area (Å²) in [6, 6.07) is 1.74. The van der Waals surface area contributed by atoms with Gasteiger partial charge < -0.3 is 4.42 Å². The highest BCUT2D eigenvalue weighted by Crippen LogP contribution is 2.40. The summed E-state index contributed by atoms with van der Waals surface area (Å²) in [6.45, 7) is 3.62. The number of fused-ring (bicyclic) bond motifs is 1. The molecular weight excluding hydrogens is 228 g/mol. The second-order valence-electron chi connectivity index (χ2n) is 5.01. The molecule has 94 valence electrons. The highest BCUT2D eigenvalue weighted by atomic mass is 16.3. The Morgan fingerprint density at radius 2 is 2.33 bits per heavy atom. The quantitative estimate of drug-likeness (QED) is 0.642. The summed E-state index contributed by atoms with van der Waals surface area (Å²) in [5, 5.41) is 4.23. The zero-order valence-corrected chi connectivity index (χ0v) is 10.6. The van der Waals surface area contributed by atoms with Crippen LogP contribution in [0.3, 0.4) is 0 Å². The average Bonchev–Trinajstić information content (AvgIpc) is 2.82. The van der Waals surface area contributed by atoms with Gasteiger partial charge in [-0.15, -0.1) is 0 Å². The highest BCUT2D eigenvalue weighted by Gasteiger charge is 2.38. The Kier molecular flexibility index (Phi) is 2.58. The fraction of sp³-hybridized carbons (Fsp3) is 0.429. The number of hydrazone groups is 1. The van der Waals surface area contributed by atoms with Gasteiger partial charge in [-0.2, -0.15) is 5.10 Å². The second kappa shape index (κ2) is 4.12. The van der Waals surface area contributed by atoms with Crippen molar-refractivity contribution in [3.8, 4) is 0 Å². The largest absolute Gasteiger partial charge is 0.466 e. The molecule has 0 radical (unpaired) electrons. The lowest BCUT2D eigenvalue weighted by molar-refractivity contribution is 0.0952. The smallest absolute Gasteiger partial charge is 0.274 e. The summed E-state index contributed by atoms with van der Waals surface area (Å²) in [7, 11) is 0. The van der Waals surface area contributed by atoms with Crippen LogP contribution in [0, 0.1) is 25.7 Å². The van der Waals surface area contributed by atoms with Gasteiger partial charge in [-0.1, -0.05) is 12.2 Å². The van der Waals surface area contributed by atoms with E-state index in [2.05, 4.69) is 22.7 Å². The van der Waals surface area contributed by atoms with Gasteiger partial charge in [0, 0.05) is 11.6 Å². The number of nitrogens with one attached hydrogen (secondary N) is 1. The summed E-state index contributed by atoms with van der Waals surface area (Å²) in [4.78, 5) is 11.9. The summed E-state index contributed by atoms with van der Waals surface area (Å²) < 4.78 is 5.33. The highest BCUT2D eigenvalue weighted by molar-refractivity contribution is 5.98.